The predicted octanol–water partition coefficient (Wildman–Crippen LogP) is 2.92. The quantitative estimate of drug-likeness (QED) is 0.514. The number of hydrazone groups is 1. The SMILES string of the molecule is CCNC(=S)NN=C(c1ccccc1)c1ccccc1. The highest BCUT2D eigenvalue weighted by Gasteiger charge is 2.06. The molecule has 0 radical (unpaired) electrons. The van der Waals surface area contributed by atoms with Gasteiger partial charge >= 0.3 is 0 Å². The maximum absolute atomic E-state index is 5.14. The van der Waals surface area contributed by atoms with Crippen molar-refractivity contribution in [3.8, 4) is 0 Å². The smallest absolute Gasteiger partial charge is 0.186 e. The van der Waals surface area contributed by atoms with Crippen LogP contribution in [0, 0.1) is 0 Å². The summed E-state index contributed by atoms with van der Waals surface area (Å²) >= 11 is 5.14. The zero-order valence-corrected chi connectivity index (χ0v) is 12.2. The molecule has 0 aliphatic heterocycles. The first kappa shape index (κ1) is 14.2. The van der Waals surface area contributed by atoms with E-state index < -0.39 is 0 Å². The molecule has 0 atom stereocenters. The third kappa shape index (κ3) is 3.90. The lowest BCUT2D eigenvalue weighted by Gasteiger charge is -2.09. The van der Waals surface area contributed by atoms with E-state index in [1.807, 2.05) is 67.6 Å². The molecule has 0 saturated heterocycles. The molecule has 0 amide bonds. The van der Waals surface area contributed by atoms with Crippen molar-refractivity contribution in [2.24, 2.45) is 5.10 Å². The summed E-state index contributed by atoms with van der Waals surface area (Å²) in [6, 6.07) is 20.1. The van der Waals surface area contributed by atoms with Crippen LogP contribution in [-0.2, 0) is 0 Å². The van der Waals surface area contributed by atoms with Crippen LogP contribution in [0.15, 0.2) is 65.8 Å². The van der Waals surface area contributed by atoms with Crippen LogP contribution >= 0.6 is 12.2 Å². The molecule has 2 N–H and O–H groups in total. The normalized spacial score (nSPS) is 9.65. The monoisotopic (exact) mass is 283 g/mol. The number of benzene rings is 2. The molecule has 102 valence electrons. The van der Waals surface area contributed by atoms with Gasteiger partial charge in [-0.15, -0.1) is 0 Å². The second-order valence-corrected chi connectivity index (χ2v) is 4.57. The highest BCUT2D eigenvalue weighted by atomic mass is 32.1. The zero-order valence-electron chi connectivity index (χ0n) is 11.3. The van der Waals surface area contributed by atoms with Crippen molar-refractivity contribution in [1.82, 2.24) is 10.7 Å². The topological polar surface area (TPSA) is 36.4 Å². The van der Waals surface area contributed by atoms with Crippen molar-refractivity contribution in [2.45, 2.75) is 6.92 Å². The van der Waals surface area contributed by atoms with E-state index in [1.54, 1.807) is 0 Å². The summed E-state index contributed by atoms with van der Waals surface area (Å²) in [7, 11) is 0. The summed E-state index contributed by atoms with van der Waals surface area (Å²) in [6.07, 6.45) is 0. The first-order valence-electron chi connectivity index (χ1n) is 6.53. The molecule has 0 heterocycles. The van der Waals surface area contributed by atoms with E-state index in [0.29, 0.717) is 5.11 Å². The van der Waals surface area contributed by atoms with Crippen molar-refractivity contribution in [3.05, 3.63) is 71.8 Å². The Morgan fingerprint density at radius 3 is 1.90 bits per heavy atom. The van der Waals surface area contributed by atoms with Crippen molar-refractivity contribution in [1.29, 1.82) is 0 Å². The molecule has 0 aromatic heterocycles. The van der Waals surface area contributed by atoms with Gasteiger partial charge in [-0.2, -0.15) is 5.10 Å². The molecule has 4 heteroatoms. The van der Waals surface area contributed by atoms with Crippen LogP contribution in [0.4, 0.5) is 0 Å². The summed E-state index contributed by atoms with van der Waals surface area (Å²) in [5.41, 5.74) is 5.85. The van der Waals surface area contributed by atoms with Crippen molar-refractivity contribution < 1.29 is 0 Å². The molecule has 0 fully saturated rings. The Morgan fingerprint density at radius 1 is 0.950 bits per heavy atom. The van der Waals surface area contributed by atoms with Gasteiger partial charge in [-0.05, 0) is 19.1 Å². The number of rotatable bonds is 4. The summed E-state index contributed by atoms with van der Waals surface area (Å²) in [5, 5.41) is 7.99. The third-order valence-corrected chi connectivity index (χ3v) is 2.94. The molecule has 0 unspecified atom stereocenters. The molecule has 2 aromatic carbocycles. The highest BCUT2D eigenvalue weighted by molar-refractivity contribution is 7.80. The first-order chi connectivity index (χ1) is 9.81. The van der Waals surface area contributed by atoms with Crippen LogP contribution in [0.25, 0.3) is 0 Å². The lowest BCUT2D eigenvalue weighted by Crippen LogP contribution is -2.32. The number of thiocarbonyl (C=S) groups is 1. The number of nitrogens with zero attached hydrogens (tertiary/aromatic N) is 1. The van der Waals surface area contributed by atoms with Gasteiger partial charge in [0.05, 0.1) is 5.71 Å². The van der Waals surface area contributed by atoms with Gasteiger partial charge in [0.15, 0.2) is 5.11 Å². The van der Waals surface area contributed by atoms with Gasteiger partial charge in [0.2, 0.25) is 0 Å². The second-order valence-electron chi connectivity index (χ2n) is 4.16. The molecular weight excluding hydrogens is 266 g/mol. The minimum absolute atomic E-state index is 0.525. The van der Waals surface area contributed by atoms with Crippen LogP contribution in [0.1, 0.15) is 18.1 Å². The fourth-order valence-corrected chi connectivity index (χ4v) is 1.98. The Balaban J connectivity index is 2.30. The van der Waals surface area contributed by atoms with Gasteiger partial charge in [-0.3, -0.25) is 5.43 Å². The van der Waals surface area contributed by atoms with Gasteiger partial charge in [-0.1, -0.05) is 60.7 Å². The summed E-state index contributed by atoms with van der Waals surface area (Å²) in [5.74, 6) is 0. The standard InChI is InChI=1S/C16H17N3S/c1-2-17-16(20)19-18-15(13-9-5-3-6-10-13)14-11-7-4-8-12-14/h3-12H,2H2,1H3,(H2,17,19,20). The zero-order chi connectivity index (χ0) is 14.2. The van der Waals surface area contributed by atoms with E-state index in [1.165, 1.54) is 0 Å². The second kappa shape index (κ2) is 7.40. The van der Waals surface area contributed by atoms with Crippen molar-refractivity contribution >= 4 is 23.0 Å². The largest absolute Gasteiger partial charge is 0.362 e. The third-order valence-electron chi connectivity index (χ3n) is 2.70. The summed E-state index contributed by atoms with van der Waals surface area (Å²) in [6.45, 7) is 2.76. The van der Waals surface area contributed by atoms with E-state index in [-0.39, 0.29) is 0 Å². The van der Waals surface area contributed by atoms with Crippen molar-refractivity contribution in [3.63, 3.8) is 0 Å². The lowest BCUT2D eigenvalue weighted by atomic mass is 10.0. The maximum atomic E-state index is 5.14. The Hall–Kier alpha value is -2.20. The van der Waals surface area contributed by atoms with Crippen LogP contribution in [0.5, 0.6) is 0 Å². The fraction of sp³-hybridized carbons (Fsp3) is 0.125. The summed E-state index contributed by atoms with van der Waals surface area (Å²) < 4.78 is 0. The van der Waals surface area contributed by atoms with E-state index in [4.69, 9.17) is 12.2 Å². The minimum atomic E-state index is 0.525. The maximum Gasteiger partial charge on any atom is 0.186 e. The molecule has 0 spiro atoms. The van der Waals surface area contributed by atoms with Crippen LogP contribution in [0.2, 0.25) is 0 Å². The average molecular weight is 283 g/mol. The van der Waals surface area contributed by atoms with Gasteiger partial charge in [0.1, 0.15) is 0 Å². The Labute approximate surface area is 124 Å². The fourth-order valence-electron chi connectivity index (χ4n) is 1.79. The van der Waals surface area contributed by atoms with E-state index in [9.17, 15) is 0 Å². The van der Waals surface area contributed by atoms with Crippen LogP contribution in [-0.4, -0.2) is 17.4 Å². The summed E-state index contributed by atoms with van der Waals surface area (Å²) in [4.78, 5) is 0. The molecule has 20 heavy (non-hydrogen) atoms. The number of hydrogen-bond acceptors (Lipinski definition) is 2. The van der Waals surface area contributed by atoms with E-state index >= 15 is 0 Å². The lowest BCUT2D eigenvalue weighted by molar-refractivity contribution is 0.901. The molecule has 3 nitrogen and oxygen atoms in total. The van der Waals surface area contributed by atoms with E-state index in [0.717, 1.165) is 23.4 Å². The van der Waals surface area contributed by atoms with Crippen LogP contribution in [0.3, 0.4) is 0 Å². The van der Waals surface area contributed by atoms with E-state index in [2.05, 4.69) is 15.8 Å². The van der Waals surface area contributed by atoms with Crippen LogP contribution < -0.4 is 10.7 Å². The van der Waals surface area contributed by atoms with Gasteiger partial charge in [0.25, 0.3) is 0 Å². The average Bonchev–Trinajstić information content (AvgIpc) is 2.50. The predicted molar refractivity (Wildman–Crippen MR) is 87.9 cm³/mol. The van der Waals surface area contributed by atoms with Gasteiger partial charge in [-0.25, -0.2) is 0 Å². The van der Waals surface area contributed by atoms with Gasteiger partial charge < -0.3 is 5.32 Å². The Kier molecular flexibility index (Phi) is 5.26. The Morgan fingerprint density at radius 2 is 1.45 bits per heavy atom. The minimum Gasteiger partial charge on any atom is -0.362 e. The molecule has 2 rings (SSSR count). The molecule has 0 aliphatic rings. The highest BCUT2D eigenvalue weighted by Crippen LogP contribution is 2.10. The van der Waals surface area contributed by atoms with Gasteiger partial charge in [0, 0.05) is 17.7 Å². The molecule has 2 aromatic rings. The number of hydrogen-bond donors (Lipinski definition) is 2. The number of nitrogens with one attached hydrogen (secondary N) is 2. The first-order valence-corrected chi connectivity index (χ1v) is 6.94. The molecule has 0 aliphatic carbocycles. The molecule has 0 saturated carbocycles. The van der Waals surface area contributed by atoms with Crippen molar-refractivity contribution in [2.75, 3.05) is 6.54 Å². The Bertz CT molecular complexity index is 538. The molecular formula is C16H17N3S. The molecule has 0 bridgehead atoms.